The van der Waals surface area contributed by atoms with Crippen LogP contribution in [0.3, 0.4) is 0 Å². The van der Waals surface area contributed by atoms with Crippen molar-refractivity contribution in [1.29, 1.82) is 0 Å². The Hall–Kier alpha value is -2.41. The molecule has 2 N–H and O–H groups in total. The van der Waals surface area contributed by atoms with Gasteiger partial charge in [0, 0.05) is 61.8 Å². The van der Waals surface area contributed by atoms with Crippen molar-refractivity contribution in [2.75, 3.05) is 31.1 Å². The maximum Gasteiger partial charge on any atom is 0.256 e. The van der Waals surface area contributed by atoms with Crippen LogP contribution in [-0.2, 0) is 4.79 Å². The summed E-state index contributed by atoms with van der Waals surface area (Å²) in [4.78, 5) is 20.3. The molecule has 0 bridgehead atoms. The van der Waals surface area contributed by atoms with E-state index in [-0.39, 0.29) is 5.91 Å². The molecule has 24 heavy (non-hydrogen) atoms. The smallest absolute Gasteiger partial charge is 0.256 e. The minimum atomic E-state index is -1.14. The highest BCUT2D eigenvalue weighted by Crippen LogP contribution is 2.39. The Morgan fingerprint density at radius 3 is 2.75 bits per heavy atom. The fourth-order valence-electron chi connectivity index (χ4n) is 3.10. The van der Waals surface area contributed by atoms with E-state index in [1.807, 2.05) is 0 Å². The summed E-state index contributed by atoms with van der Waals surface area (Å²) in [6.07, 6.45) is 4.50. The summed E-state index contributed by atoms with van der Waals surface area (Å²) in [6, 6.07) is 5.56. The molecule has 3 heterocycles. The minimum Gasteiger partial charge on any atom is -0.378 e. The van der Waals surface area contributed by atoms with Gasteiger partial charge in [-0.05, 0) is 18.9 Å². The van der Waals surface area contributed by atoms with Gasteiger partial charge in [-0.15, -0.1) is 0 Å². The third kappa shape index (κ3) is 2.99. The molecule has 1 amide bonds. The highest BCUT2D eigenvalue weighted by molar-refractivity contribution is 5.82. The molecule has 1 aliphatic carbocycles. The Morgan fingerprint density at radius 1 is 1.29 bits per heavy atom. The van der Waals surface area contributed by atoms with Crippen LogP contribution >= 0.6 is 0 Å². The Bertz CT molecular complexity index is 705. The molecule has 2 aromatic rings. The number of nitrogens with one attached hydrogen (secondary N) is 1. The van der Waals surface area contributed by atoms with Gasteiger partial charge < -0.3 is 14.9 Å². The van der Waals surface area contributed by atoms with Crippen LogP contribution in [0.5, 0.6) is 0 Å². The maximum absolute atomic E-state index is 12.5. The predicted molar refractivity (Wildman–Crippen MR) is 88.6 cm³/mol. The van der Waals surface area contributed by atoms with Gasteiger partial charge in [0.25, 0.3) is 5.91 Å². The Morgan fingerprint density at radius 2 is 2.08 bits per heavy atom. The first kappa shape index (κ1) is 15.1. The molecule has 0 aromatic carbocycles. The van der Waals surface area contributed by atoms with Crippen molar-refractivity contribution in [3.8, 4) is 0 Å². The second-order valence-electron chi connectivity index (χ2n) is 6.46. The molecule has 2 aliphatic rings. The number of hydrogen-bond acceptors (Lipinski definition) is 5. The third-order valence-corrected chi connectivity index (χ3v) is 4.75. The van der Waals surface area contributed by atoms with E-state index >= 15 is 0 Å². The number of aromatic nitrogens is 3. The molecule has 1 saturated heterocycles. The standard InChI is InChI=1S/C17H21N5O2/c23-16(13-2-1-5-18-11-13)17(24)22-8-6-21(7-9-22)15-10-14(19-20-15)12-3-4-12/h1-2,5,10-12,16,23H,3-4,6-9H2,(H,19,20). The van der Waals surface area contributed by atoms with E-state index < -0.39 is 6.10 Å². The second-order valence-corrected chi connectivity index (χ2v) is 6.46. The Kier molecular flexibility index (Phi) is 3.93. The lowest BCUT2D eigenvalue weighted by atomic mass is 10.1. The zero-order valence-electron chi connectivity index (χ0n) is 13.4. The lowest BCUT2D eigenvalue weighted by Gasteiger charge is -2.35. The van der Waals surface area contributed by atoms with E-state index in [2.05, 4.69) is 26.1 Å². The average molecular weight is 327 g/mol. The van der Waals surface area contributed by atoms with Crippen molar-refractivity contribution < 1.29 is 9.90 Å². The Balaban J connectivity index is 1.35. The molecule has 1 saturated carbocycles. The molecule has 1 aliphatic heterocycles. The van der Waals surface area contributed by atoms with Gasteiger partial charge in [0.2, 0.25) is 0 Å². The number of aliphatic hydroxyl groups excluding tert-OH is 1. The van der Waals surface area contributed by atoms with E-state index in [9.17, 15) is 9.90 Å². The fourth-order valence-corrected chi connectivity index (χ4v) is 3.10. The van der Waals surface area contributed by atoms with Gasteiger partial charge in [-0.2, -0.15) is 5.10 Å². The van der Waals surface area contributed by atoms with Crippen LogP contribution in [0.2, 0.25) is 0 Å². The lowest BCUT2D eigenvalue weighted by Crippen LogP contribution is -2.50. The number of amides is 1. The van der Waals surface area contributed by atoms with Crippen molar-refractivity contribution in [3.63, 3.8) is 0 Å². The van der Waals surface area contributed by atoms with Crippen LogP contribution in [0.15, 0.2) is 30.6 Å². The minimum absolute atomic E-state index is 0.261. The lowest BCUT2D eigenvalue weighted by molar-refractivity contribution is -0.140. The van der Waals surface area contributed by atoms with E-state index in [1.165, 1.54) is 24.7 Å². The summed E-state index contributed by atoms with van der Waals surface area (Å²) in [7, 11) is 0. The topological polar surface area (TPSA) is 85.4 Å². The SMILES string of the molecule is O=C(C(O)c1cccnc1)N1CCN(c2cc(C3CC3)[nH]n2)CC1. The normalized spacial score (nSPS) is 19.4. The molecule has 0 spiro atoms. The summed E-state index contributed by atoms with van der Waals surface area (Å²) in [5.74, 6) is 1.35. The van der Waals surface area contributed by atoms with E-state index in [0.717, 1.165) is 18.9 Å². The summed E-state index contributed by atoms with van der Waals surface area (Å²) < 4.78 is 0. The predicted octanol–water partition coefficient (Wildman–Crippen LogP) is 1.06. The molecule has 7 nitrogen and oxygen atoms in total. The number of carbonyl (C=O) groups excluding carboxylic acids is 1. The molecule has 2 fully saturated rings. The van der Waals surface area contributed by atoms with Crippen molar-refractivity contribution in [2.45, 2.75) is 24.9 Å². The van der Waals surface area contributed by atoms with Crippen LogP contribution < -0.4 is 4.90 Å². The van der Waals surface area contributed by atoms with Crippen LogP contribution in [0.25, 0.3) is 0 Å². The molecule has 126 valence electrons. The molecule has 4 rings (SSSR count). The van der Waals surface area contributed by atoms with Crippen molar-refractivity contribution >= 4 is 11.7 Å². The number of piperazine rings is 1. The van der Waals surface area contributed by atoms with Gasteiger partial charge in [0.15, 0.2) is 11.9 Å². The van der Waals surface area contributed by atoms with Crippen LogP contribution in [0.1, 0.15) is 36.1 Å². The first-order valence-electron chi connectivity index (χ1n) is 8.39. The number of H-pyrrole nitrogens is 1. The number of aromatic amines is 1. The number of hydrogen-bond donors (Lipinski definition) is 2. The van der Waals surface area contributed by atoms with Crippen LogP contribution in [0, 0.1) is 0 Å². The van der Waals surface area contributed by atoms with Crippen LogP contribution in [-0.4, -0.2) is 57.3 Å². The molecule has 1 atom stereocenters. The van der Waals surface area contributed by atoms with Crippen molar-refractivity contribution in [2.24, 2.45) is 0 Å². The quantitative estimate of drug-likeness (QED) is 0.877. The zero-order valence-corrected chi connectivity index (χ0v) is 13.4. The largest absolute Gasteiger partial charge is 0.378 e. The van der Waals surface area contributed by atoms with Crippen molar-refractivity contribution in [3.05, 3.63) is 41.9 Å². The number of carbonyl (C=O) groups is 1. The fraction of sp³-hybridized carbons (Fsp3) is 0.471. The summed E-state index contributed by atoms with van der Waals surface area (Å²) in [5.41, 5.74) is 1.75. The zero-order chi connectivity index (χ0) is 16.5. The first-order chi connectivity index (χ1) is 11.7. The summed E-state index contributed by atoms with van der Waals surface area (Å²) in [6.45, 7) is 2.62. The highest BCUT2D eigenvalue weighted by atomic mass is 16.3. The molecular formula is C17H21N5O2. The van der Waals surface area contributed by atoms with Gasteiger partial charge in [-0.3, -0.25) is 14.9 Å². The van der Waals surface area contributed by atoms with E-state index in [1.54, 1.807) is 23.2 Å². The van der Waals surface area contributed by atoms with E-state index in [0.29, 0.717) is 24.6 Å². The summed E-state index contributed by atoms with van der Waals surface area (Å²) >= 11 is 0. The van der Waals surface area contributed by atoms with E-state index in [4.69, 9.17) is 0 Å². The monoisotopic (exact) mass is 327 g/mol. The highest BCUT2D eigenvalue weighted by Gasteiger charge is 2.29. The van der Waals surface area contributed by atoms with Gasteiger partial charge in [0.05, 0.1) is 0 Å². The maximum atomic E-state index is 12.5. The van der Waals surface area contributed by atoms with Crippen molar-refractivity contribution in [1.82, 2.24) is 20.1 Å². The molecule has 2 aromatic heterocycles. The number of pyridine rings is 1. The second kappa shape index (κ2) is 6.24. The van der Waals surface area contributed by atoms with Gasteiger partial charge >= 0.3 is 0 Å². The number of rotatable bonds is 4. The third-order valence-electron chi connectivity index (χ3n) is 4.75. The number of anilines is 1. The number of nitrogens with zero attached hydrogens (tertiary/aromatic N) is 4. The average Bonchev–Trinajstić information content (AvgIpc) is 3.38. The molecular weight excluding hydrogens is 306 g/mol. The van der Waals surface area contributed by atoms with Crippen LogP contribution in [0.4, 0.5) is 5.82 Å². The Labute approximate surface area is 140 Å². The van der Waals surface area contributed by atoms with Gasteiger partial charge in [-0.1, -0.05) is 6.07 Å². The number of aliphatic hydroxyl groups is 1. The summed E-state index contributed by atoms with van der Waals surface area (Å²) in [5, 5.41) is 17.7. The molecule has 1 unspecified atom stereocenters. The van der Waals surface area contributed by atoms with Gasteiger partial charge in [0.1, 0.15) is 0 Å². The molecule has 0 radical (unpaired) electrons. The molecule has 7 heteroatoms. The first-order valence-corrected chi connectivity index (χ1v) is 8.39. The van der Waals surface area contributed by atoms with Gasteiger partial charge in [-0.25, -0.2) is 0 Å².